The highest BCUT2D eigenvalue weighted by molar-refractivity contribution is 7.80. The molecule has 0 unspecified atom stereocenters. The van der Waals surface area contributed by atoms with Crippen molar-refractivity contribution in [2.75, 3.05) is 5.73 Å². The maximum atomic E-state index is 6.50. The van der Waals surface area contributed by atoms with E-state index >= 15 is 0 Å². The molecule has 0 spiro atoms. The quantitative estimate of drug-likeness (QED) is 0.597. The number of benzene rings is 1. The first kappa shape index (κ1) is 18.2. The van der Waals surface area contributed by atoms with E-state index in [1.54, 1.807) is 0 Å². The highest BCUT2D eigenvalue weighted by atomic mass is 32.1. The number of rotatable bonds is 3. The Bertz CT molecular complexity index is 490. The van der Waals surface area contributed by atoms with Crippen LogP contribution in [-0.4, -0.2) is 5.60 Å². The summed E-state index contributed by atoms with van der Waals surface area (Å²) in [6.45, 7) is 17.0. The minimum atomic E-state index is -0.246. The molecule has 21 heavy (non-hydrogen) atoms. The third kappa shape index (κ3) is 3.88. The van der Waals surface area contributed by atoms with Gasteiger partial charge in [0.05, 0.1) is 0 Å². The van der Waals surface area contributed by atoms with Crippen LogP contribution in [-0.2, 0) is 18.3 Å². The number of nitrogens with two attached hydrogens (primary N) is 1. The molecule has 3 heteroatoms. The Morgan fingerprint density at radius 1 is 0.952 bits per heavy atom. The summed E-state index contributed by atoms with van der Waals surface area (Å²) < 4.78 is 6.25. The highest BCUT2D eigenvalue weighted by Gasteiger charge is 2.28. The lowest BCUT2D eigenvalue weighted by Crippen LogP contribution is -2.26. The lowest BCUT2D eigenvalue weighted by atomic mass is 9.82. The summed E-state index contributed by atoms with van der Waals surface area (Å²) in [5.74, 6) is 0.933. The Labute approximate surface area is 135 Å². The number of anilines is 1. The monoisotopic (exact) mass is 309 g/mol. The number of nitrogen functional groups attached to an aromatic ring is 1. The second kappa shape index (κ2) is 6.12. The molecule has 0 saturated carbocycles. The van der Waals surface area contributed by atoms with E-state index in [-0.39, 0.29) is 11.0 Å². The van der Waals surface area contributed by atoms with Gasteiger partial charge in [-0.3, -0.25) is 0 Å². The molecule has 0 heterocycles. The molecule has 0 bridgehead atoms. The summed E-state index contributed by atoms with van der Waals surface area (Å²) in [5.41, 5.74) is 10.5. The zero-order valence-electron chi connectivity index (χ0n) is 14.8. The predicted octanol–water partition coefficient (Wildman–Crippen LogP) is 5.16. The molecule has 0 aliphatic rings. The number of ether oxygens (including phenoxy) is 1. The molecule has 1 aromatic rings. The molecular formula is C18H31NOS. The van der Waals surface area contributed by atoms with Gasteiger partial charge in [0.1, 0.15) is 11.4 Å². The van der Waals surface area contributed by atoms with E-state index in [0.29, 0.717) is 0 Å². The maximum absolute atomic E-state index is 6.50. The van der Waals surface area contributed by atoms with E-state index in [9.17, 15) is 0 Å². The van der Waals surface area contributed by atoms with E-state index in [0.717, 1.165) is 40.3 Å². The average molecular weight is 310 g/mol. The van der Waals surface area contributed by atoms with Crippen LogP contribution in [0, 0.1) is 0 Å². The van der Waals surface area contributed by atoms with Crippen LogP contribution in [0.15, 0.2) is 4.90 Å². The van der Waals surface area contributed by atoms with Gasteiger partial charge in [0.15, 0.2) is 0 Å². The zero-order valence-corrected chi connectivity index (χ0v) is 15.7. The molecule has 0 aliphatic heterocycles. The molecule has 120 valence electrons. The molecule has 0 radical (unpaired) electrons. The van der Waals surface area contributed by atoms with Crippen molar-refractivity contribution in [1.29, 1.82) is 0 Å². The smallest absolute Gasteiger partial charge is 0.129 e. The van der Waals surface area contributed by atoms with Gasteiger partial charge in [0, 0.05) is 21.7 Å². The Morgan fingerprint density at radius 3 is 1.76 bits per heavy atom. The zero-order chi connectivity index (χ0) is 16.6. The number of hydrogen-bond acceptors (Lipinski definition) is 3. The first-order valence-corrected chi connectivity index (χ1v) is 8.24. The fraction of sp³-hybridized carbons (Fsp3) is 0.667. The van der Waals surface area contributed by atoms with Gasteiger partial charge >= 0.3 is 0 Å². The van der Waals surface area contributed by atoms with E-state index in [4.69, 9.17) is 23.1 Å². The van der Waals surface area contributed by atoms with Crippen molar-refractivity contribution in [3.63, 3.8) is 0 Å². The van der Waals surface area contributed by atoms with E-state index < -0.39 is 0 Å². The lowest BCUT2D eigenvalue weighted by molar-refractivity contribution is 0.127. The van der Waals surface area contributed by atoms with Gasteiger partial charge in [-0.2, -0.15) is 0 Å². The maximum Gasteiger partial charge on any atom is 0.129 e. The van der Waals surface area contributed by atoms with Crippen LogP contribution < -0.4 is 10.5 Å². The van der Waals surface area contributed by atoms with Crippen LogP contribution in [0.4, 0.5) is 5.69 Å². The Morgan fingerprint density at radius 2 is 1.43 bits per heavy atom. The fourth-order valence-electron chi connectivity index (χ4n) is 2.71. The van der Waals surface area contributed by atoms with Gasteiger partial charge in [0.2, 0.25) is 0 Å². The molecule has 0 amide bonds. The molecule has 2 N–H and O–H groups in total. The van der Waals surface area contributed by atoms with Gasteiger partial charge in [-0.1, -0.05) is 34.6 Å². The molecule has 2 nitrogen and oxygen atoms in total. The topological polar surface area (TPSA) is 35.2 Å². The van der Waals surface area contributed by atoms with Crippen molar-refractivity contribution >= 4 is 18.3 Å². The molecule has 0 atom stereocenters. The van der Waals surface area contributed by atoms with Crippen LogP contribution >= 0.6 is 12.6 Å². The van der Waals surface area contributed by atoms with Crippen LogP contribution in [0.3, 0.4) is 0 Å². The van der Waals surface area contributed by atoms with Crippen molar-refractivity contribution in [2.24, 2.45) is 0 Å². The molecule has 0 fully saturated rings. The number of hydrogen-bond donors (Lipinski definition) is 2. The first-order valence-electron chi connectivity index (χ1n) is 7.79. The van der Waals surface area contributed by atoms with Crippen molar-refractivity contribution in [2.45, 2.75) is 84.1 Å². The van der Waals surface area contributed by atoms with Crippen LogP contribution in [0.25, 0.3) is 0 Å². The minimum absolute atomic E-state index is 0.0325. The predicted molar refractivity (Wildman–Crippen MR) is 95.9 cm³/mol. The van der Waals surface area contributed by atoms with Gasteiger partial charge in [0.25, 0.3) is 0 Å². The largest absolute Gasteiger partial charge is 0.487 e. The Balaban J connectivity index is 3.74. The Kier molecular flexibility index (Phi) is 5.31. The third-order valence-corrected chi connectivity index (χ3v) is 4.02. The van der Waals surface area contributed by atoms with E-state index in [2.05, 4.69) is 55.4 Å². The third-order valence-electron chi connectivity index (χ3n) is 3.53. The van der Waals surface area contributed by atoms with E-state index in [1.807, 2.05) is 0 Å². The lowest BCUT2D eigenvalue weighted by Gasteiger charge is -2.31. The molecular weight excluding hydrogens is 278 g/mol. The van der Waals surface area contributed by atoms with Gasteiger partial charge in [-0.15, -0.1) is 12.6 Å². The molecule has 1 aromatic carbocycles. The second-order valence-electron chi connectivity index (χ2n) is 7.60. The number of thiol groups is 1. The van der Waals surface area contributed by atoms with E-state index in [1.165, 1.54) is 5.56 Å². The van der Waals surface area contributed by atoms with Crippen molar-refractivity contribution < 1.29 is 4.74 Å². The summed E-state index contributed by atoms with van der Waals surface area (Å²) in [4.78, 5) is 0.985. The molecule has 0 saturated heterocycles. The van der Waals surface area contributed by atoms with Crippen molar-refractivity contribution in [1.82, 2.24) is 0 Å². The molecule has 0 aliphatic carbocycles. The minimum Gasteiger partial charge on any atom is -0.487 e. The van der Waals surface area contributed by atoms with Crippen LogP contribution in [0.1, 0.15) is 72.1 Å². The highest BCUT2D eigenvalue weighted by Crippen LogP contribution is 2.44. The standard InChI is InChI=1S/C18H31NOS/c1-9-11-14(19)13(17(3,4)5)16(21)12(10-2)15(11)20-18(6,7)8/h21H,9-10,19H2,1-8H3. The van der Waals surface area contributed by atoms with Crippen molar-refractivity contribution in [3.8, 4) is 5.75 Å². The first-order chi connectivity index (χ1) is 9.44. The summed E-state index contributed by atoms with van der Waals surface area (Å²) >= 11 is 4.80. The Hall–Kier alpha value is -0.830. The summed E-state index contributed by atoms with van der Waals surface area (Å²) in [7, 11) is 0. The van der Waals surface area contributed by atoms with Crippen molar-refractivity contribution in [3.05, 3.63) is 16.7 Å². The second-order valence-corrected chi connectivity index (χ2v) is 8.04. The molecule has 0 aromatic heterocycles. The SMILES string of the molecule is CCc1c(N)c(C(C)(C)C)c(S)c(CC)c1OC(C)(C)C. The van der Waals surface area contributed by atoms with Gasteiger partial charge < -0.3 is 10.5 Å². The summed E-state index contributed by atoms with van der Waals surface area (Å²) in [6.07, 6.45) is 1.75. The van der Waals surface area contributed by atoms with Gasteiger partial charge in [-0.05, 0) is 44.6 Å². The summed E-state index contributed by atoms with van der Waals surface area (Å²) in [6, 6.07) is 0. The van der Waals surface area contributed by atoms with Crippen LogP contribution in [0.5, 0.6) is 5.75 Å². The van der Waals surface area contributed by atoms with Crippen LogP contribution in [0.2, 0.25) is 0 Å². The van der Waals surface area contributed by atoms with Gasteiger partial charge in [-0.25, -0.2) is 0 Å². The normalized spacial score (nSPS) is 12.6. The average Bonchev–Trinajstić information content (AvgIpc) is 2.25. The fourth-order valence-corrected chi connectivity index (χ4v) is 3.42. The summed E-state index contributed by atoms with van der Waals surface area (Å²) in [5, 5.41) is 0. The molecule has 1 rings (SSSR count).